The van der Waals surface area contributed by atoms with E-state index in [1.165, 1.54) is 30.0 Å². The summed E-state index contributed by atoms with van der Waals surface area (Å²) in [6.07, 6.45) is 6.13. The van der Waals surface area contributed by atoms with Crippen LogP contribution in [0.4, 0.5) is 5.69 Å². The fourth-order valence-electron chi connectivity index (χ4n) is 3.96. The largest absolute Gasteiger partial charge is 0.352 e. The molecule has 0 saturated carbocycles. The zero-order chi connectivity index (χ0) is 22.1. The van der Waals surface area contributed by atoms with Crippen LogP contribution in [0.3, 0.4) is 0 Å². The summed E-state index contributed by atoms with van der Waals surface area (Å²) >= 11 is 0. The lowest BCUT2D eigenvalue weighted by molar-refractivity contribution is 0.0951. The number of anilines is 1. The Bertz CT molecular complexity index is 922. The third kappa shape index (κ3) is 6.31. The van der Waals surface area contributed by atoms with E-state index in [0.717, 1.165) is 26.1 Å². The van der Waals surface area contributed by atoms with Crippen LogP contribution in [0.15, 0.2) is 59.5 Å². The number of likely N-dealkylation sites (tertiary alicyclic amines) is 1. The molecule has 7 heteroatoms. The number of carbonyl (C=O) groups excluding carboxylic acids is 1. The van der Waals surface area contributed by atoms with Crippen molar-refractivity contribution in [1.29, 1.82) is 0 Å². The second-order valence-corrected chi connectivity index (χ2v) is 9.76. The Kier molecular flexibility index (Phi) is 8.49. The summed E-state index contributed by atoms with van der Waals surface area (Å²) in [6, 6.07) is 15.1. The van der Waals surface area contributed by atoms with E-state index in [0.29, 0.717) is 24.3 Å². The second kappa shape index (κ2) is 11.3. The van der Waals surface area contributed by atoms with E-state index in [2.05, 4.69) is 10.2 Å². The summed E-state index contributed by atoms with van der Waals surface area (Å²) < 4.78 is 27.3. The molecule has 1 N–H and O–H groups in total. The third-order valence-electron chi connectivity index (χ3n) is 5.67. The Balaban J connectivity index is 1.55. The summed E-state index contributed by atoms with van der Waals surface area (Å²) in [5, 5.41) is 2.98. The molecule has 0 spiro atoms. The minimum absolute atomic E-state index is 0.128. The van der Waals surface area contributed by atoms with Crippen LogP contribution in [0.2, 0.25) is 0 Å². The van der Waals surface area contributed by atoms with Crippen LogP contribution in [0.1, 0.15) is 49.4 Å². The zero-order valence-corrected chi connectivity index (χ0v) is 19.1. The molecule has 1 fully saturated rings. The van der Waals surface area contributed by atoms with Crippen molar-refractivity contribution in [3.8, 4) is 0 Å². The van der Waals surface area contributed by atoms with Gasteiger partial charge in [0, 0.05) is 18.7 Å². The molecule has 0 aromatic heterocycles. The van der Waals surface area contributed by atoms with Crippen molar-refractivity contribution in [2.24, 2.45) is 0 Å². The van der Waals surface area contributed by atoms with Crippen molar-refractivity contribution in [2.75, 3.05) is 37.0 Å². The van der Waals surface area contributed by atoms with E-state index in [4.69, 9.17) is 0 Å². The van der Waals surface area contributed by atoms with Gasteiger partial charge in [0.25, 0.3) is 15.9 Å². The van der Waals surface area contributed by atoms with Crippen molar-refractivity contribution in [3.63, 3.8) is 0 Å². The quantitative estimate of drug-likeness (QED) is 0.597. The SMILES string of the molecule is CCN(c1ccc(C(=O)NCCCN2CCCCCC2)cc1)S(=O)(=O)c1ccccc1. The molecule has 1 saturated heterocycles. The minimum atomic E-state index is -3.64. The van der Waals surface area contributed by atoms with Crippen LogP contribution in [-0.2, 0) is 10.0 Å². The van der Waals surface area contributed by atoms with Crippen LogP contribution in [-0.4, -0.2) is 51.9 Å². The van der Waals surface area contributed by atoms with E-state index < -0.39 is 10.0 Å². The maximum absolute atomic E-state index is 13.0. The maximum Gasteiger partial charge on any atom is 0.264 e. The van der Waals surface area contributed by atoms with E-state index in [9.17, 15) is 13.2 Å². The Morgan fingerprint density at radius 2 is 1.61 bits per heavy atom. The van der Waals surface area contributed by atoms with Gasteiger partial charge in [-0.1, -0.05) is 31.0 Å². The van der Waals surface area contributed by atoms with Crippen LogP contribution >= 0.6 is 0 Å². The maximum atomic E-state index is 13.0. The number of amides is 1. The number of rotatable bonds is 9. The van der Waals surface area contributed by atoms with Crippen molar-refractivity contribution >= 4 is 21.6 Å². The molecule has 2 aromatic rings. The molecule has 0 radical (unpaired) electrons. The van der Waals surface area contributed by atoms with Crippen LogP contribution in [0.5, 0.6) is 0 Å². The van der Waals surface area contributed by atoms with Gasteiger partial charge >= 0.3 is 0 Å². The van der Waals surface area contributed by atoms with Gasteiger partial charge in [-0.15, -0.1) is 0 Å². The first kappa shape index (κ1) is 23.3. The Morgan fingerprint density at radius 1 is 0.968 bits per heavy atom. The molecule has 1 aliphatic rings. The predicted molar refractivity (Wildman–Crippen MR) is 125 cm³/mol. The average molecular weight is 444 g/mol. The van der Waals surface area contributed by atoms with E-state index in [1.807, 2.05) is 0 Å². The summed E-state index contributed by atoms with van der Waals surface area (Å²) in [5.74, 6) is -0.128. The number of sulfonamides is 1. The van der Waals surface area contributed by atoms with Crippen molar-refractivity contribution in [2.45, 2.75) is 43.9 Å². The Hall–Kier alpha value is -2.38. The summed E-state index contributed by atoms with van der Waals surface area (Å²) in [7, 11) is -3.64. The highest BCUT2D eigenvalue weighted by molar-refractivity contribution is 7.92. The summed E-state index contributed by atoms with van der Waals surface area (Å²) in [4.78, 5) is 15.2. The Labute approximate surface area is 186 Å². The fraction of sp³-hybridized carbons (Fsp3) is 0.458. The molecule has 1 heterocycles. The standard InChI is InChI=1S/C24H33N3O3S/c1-2-27(31(29,30)23-11-6-5-7-12-23)22-15-13-21(14-16-22)24(28)25-17-10-20-26-18-8-3-4-9-19-26/h5-7,11-16H,2-4,8-10,17-20H2,1H3,(H,25,28). The number of hydrogen-bond acceptors (Lipinski definition) is 4. The van der Waals surface area contributed by atoms with Gasteiger partial charge in [-0.05, 0) is 82.2 Å². The monoisotopic (exact) mass is 443 g/mol. The molecule has 31 heavy (non-hydrogen) atoms. The number of carbonyl (C=O) groups is 1. The van der Waals surface area contributed by atoms with Crippen molar-refractivity contribution in [3.05, 3.63) is 60.2 Å². The van der Waals surface area contributed by atoms with Gasteiger partial charge in [-0.2, -0.15) is 0 Å². The highest BCUT2D eigenvalue weighted by atomic mass is 32.2. The molecule has 1 amide bonds. The summed E-state index contributed by atoms with van der Waals surface area (Å²) in [6.45, 7) is 6.08. The Morgan fingerprint density at radius 3 is 2.23 bits per heavy atom. The van der Waals surface area contributed by atoms with Crippen molar-refractivity contribution in [1.82, 2.24) is 10.2 Å². The van der Waals surface area contributed by atoms with E-state index in [1.54, 1.807) is 61.5 Å². The first-order chi connectivity index (χ1) is 15.0. The van der Waals surface area contributed by atoms with E-state index >= 15 is 0 Å². The lowest BCUT2D eigenvalue weighted by Gasteiger charge is -2.23. The van der Waals surface area contributed by atoms with Gasteiger partial charge in [-0.25, -0.2) is 8.42 Å². The molecule has 3 rings (SSSR count). The lowest BCUT2D eigenvalue weighted by Crippen LogP contribution is -2.31. The van der Waals surface area contributed by atoms with E-state index in [-0.39, 0.29) is 10.8 Å². The number of nitrogens with zero attached hydrogens (tertiary/aromatic N) is 2. The minimum Gasteiger partial charge on any atom is -0.352 e. The van der Waals surface area contributed by atoms with Crippen molar-refractivity contribution < 1.29 is 13.2 Å². The molecule has 6 nitrogen and oxygen atoms in total. The topological polar surface area (TPSA) is 69.7 Å². The fourth-order valence-corrected chi connectivity index (χ4v) is 5.45. The van der Waals surface area contributed by atoms with Gasteiger partial charge in [0.1, 0.15) is 0 Å². The second-order valence-electron chi connectivity index (χ2n) is 7.90. The molecular formula is C24H33N3O3S. The normalized spacial score (nSPS) is 15.3. The molecule has 0 atom stereocenters. The van der Waals surface area contributed by atoms with Crippen LogP contribution < -0.4 is 9.62 Å². The molecule has 0 bridgehead atoms. The lowest BCUT2D eigenvalue weighted by atomic mass is 10.2. The first-order valence-corrected chi connectivity index (χ1v) is 12.6. The van der Waals surface area contributed by atoms with Gasteiger partial charge in [0.15, 0.2) is 0 Å². The number of nitrogens with one attached hydrogen (secondary N) is 1. The predicted octanol–water partition coefficient (Wildman–Crippen LogP) is 3.90. The van der Waals surface area contributed by atoms with Gasteiger partial charge < -0.3 is 10.2 Å². The average Bonchev–Trinajstić information content (AvgIpc) is 3.07. The van der Waals surface area contributed by atoms with Gasteiger partial charge in [0.2, 0.25) is 0 Å². The van der Waals surface area contributed by atoms with Crippen LogP contribution in [0, 0.1) is 0 Å². The molecule has 0 unspecified atom stereocenters. The molecule has 1 aliphatic heterocycles. The molecule has 2 aromatic carbocycles. The smallest absolute Gasteiger partial charge is 0.264 e. The molecular weight excluding hydrogens is 410 g/mol. The number of hydrogen-bond donors (Lipinski definition) is 1. The highest BCUT2D eigenvalue weighted by Gasteiger charge is 2.23. The molecule has 0 aliphatic carbocycles. The first-order valence-electron chi connectivity index (χ1n) is 11.2. The zero-order valence-electron chi connectivity index (χ0n) is 18.3. The summed E-state index contributed by atoms with van der Waals surface area (Å²) in [5.41, 5.74) is 1.08. The van der Waals surface area contributed by atoms with Gasteiger partial charge in [-0.3, -0.25) is 9.10 Å². The number of benzene rings is 2. The highest BCUT2D eigenvalue weighted by Crippen LogP contribution is 2.23. The molecule has 168 valence electrons. The third-order valence-corrected chi connectivity index (χ3v) is 7.59. The van der Waals surface area contributed by atoms with Gasteiger partial charge in [0.05, 0.1) is 10.6 Å². The van der Waals surface area contributed by atoms with Crippen LogP contribution in [0.25, 0.3) is 0 Å².